The van der Waals surface area contributed by atoms with Crippen molar-refractivity contribution < 1.29 is 19.1 Å². The number of methoxy groups -OCH3 is 1. The molecule has 0 bridgehead atoms. The Balaban J connectivity index is 1.60. The van der Waals surface area contributed by atoms with Crippen LogP contribution in [0.4, 0.5) is 0 Å². The summed E-state index contributed by atoms with van der Waals surface area (Å²) >= 11 is 0. The molecule has 0 heterocycles. The average molecular weight is 562 g/mol. The minimum atomic E-state index is -0.732. The molecule has 214 valence electrons. The van der Waals surface area contributed by atoms with E-state index in [1.54, 1.807) is 30.3 Å². The maximum absolute atomic E-state index is 13.5. The fraction of sp³-hybridized carbons (Fsp3) is 0.171. The number of hydrogen-bond donors (Lipinski definition) is 3. The van der Waals surface area contributed by atoms with E-state index in [9.17, 15) is 9.59 Å². The van der Waals surface area contributed by atoms with Crippen LogP contribution in [0.15, 0.2) is 109 Å². The van der Waals surface area contributed by atoms with Gasteiger partial charge in [-0.1, -0.05) is 84.9 Å². The number of carbonyl (C=O) groups is 2. The number of nitrogen functional groups attached to an aromatic ring is 1. The molecule has 0 aliphatic heterocycles. The lowest BCUT2D eigenvalue weighted by molar-refractivity contribution is -0.145. The molecule has 2 atom stereocenters. The van der Waals surface area contributed by atoms with Gasteiger partial charge in [0, 0.05) is 11.1 Å². The molecule has 0 aliphatic carbocycles. The van der Waals surface area contributed by atoms with Gasteiger partial charge < -0.3 is 20.5 Å². The predicted molar refractivity (Wildman–Crippen MR) is 166 cm³/mol. The first kappa shape index (κ1) is 29.8. The topological polar surface area (TPSA) is 115 Å². The number of nitrogens with two attached hydrogens (primary N) is 1. The number of esters is 1. The smallest absolute Gasteiger partial charge is 0.311 e. The van der Waals surface area contributed by atoms with Crippen molar-refractivity contribution in [1.29, 1.82) is 5.41 Å². The highest BCUT2D eigenvalue weighted by Gasteiger charge is 2.30. The SMILES string of the molecule is CCOc1ccc(-c2ccc(C(=O)N[C@H](/C=C/c3ccccc3)[C@@H](Cc3cccc(C(=N)N)c3)C(=O)OC)cc2)cc1. The fourth-order valence-electron chi connectivity index (χ4n) is 4.65. The summed E-state index contributed by atoms with van der Waals surface area (Å²) in [6.45, 7) is 2.55. The van der Waals surface area contributed by atoms with Gasteiger partial charge in [0.15, 0.2) is 0 Å². The Morgan fingerprint density at radius 1 is 0.881 bits per heavy atom. The van der Waals surface area contributed by atoms with Gasteiger partial charge in [-0.05, 0) is 65.9 Å². The predicted octanol–water partition coefficient (Wildman–Crippen LogP) is 5.88. The highest BCUT2D eigenvalue weighted by atomic mass is 16.5. The number of amidine groups is 1. The van der Waals surface area contributed by atoms with E-state index in [1.807, 2.05) is 91.9 Å². The third-order valence-electron chi connectivity index (χ3n) is 6.87. The first-order valence-electron chi connectivity index (χ1n) is 13.8. The zero-order valence-electron chi connectivity index (χ0n) is 23.7. The first-order valence-corrected chi connectivity index (χ1v) is 13.8. The fourth-order valence-corrected chi connectivity index (χ4v) is 4.65. The van der Waals surface area contributed by atoms with E-state index in [0.29, 0.717) is 17.7 Å². The highest BCUT2D eigenvalue weighted by Crippen LogP contribution is 2.24. The summed E-state index contributed by atoms with van der Waals surface area (Å²) in [5.74, 6) is -0.766. The first-order chi connectivity index (χ1) is 20.4. The van der Waals surface area contributed by atoms with E-state index >= 15 is 0 Å². The Bertz CT molecular complexity index is 1530. The summed E-state index contributed by atoms with van der Waals surface area (Å²) in [6, 6.07) is 31.3. The Kier molecular flexibility index (Phi) is 10.3. The van der Waals surface area contributed by atoms with Crippen molar-refractivity contribution >= 4 is 23.8 Å². The van der Waals surface area contributed by atoms with E-state index < -0.39 is 17.9 Å². The van der Waals surface area contributed by atoms with E-state index in [0.717, 1.165) is 28.0 Å². The average Bonchev–Trinajstić information content (AvgIpc) is 3.03. The summed E-state index contributed by atoms with van der Waals surface area (Å²) < 4.78 is 10.7. The van der Waals surface area contributed by atoms with E-state index in [-0.39, 0.29) is 18.2 Å². The van der Waals surface area contributed by atoms with Crippen LogP contribution in [0.2, 0.25) is 0 Å². The molecular formula is C35H35N3O4. The Labute approximate surface area is 246 Å². The molecule has 7 heteroatoms. The van der Waals surface area contributed by atoms with Gasteiger partial charge in [0.25, 0.3) is 5.91 Å². The van der Waals surface area contributed by atoms with Gasteiger partial charge >= 0.3 is 5.97 Å². The van der Waals surface area contributed by atoms with Crippen LogP contribution in [0.1, 0.15) is 34.0 Å². The summed E-state index contributed by atoms with van der Waals surface area (Å²) in [7, 11) is 1.33. The molecule has 7 nitrogen and oxygen atoms in total. The van der Waals surface area contributed by atoms with Gasteiger partial charge in [0.2, 0.25) is 0 Å². The number of ether oxygens (including phenoxy) is 2. The lowest BCUT2D eigenvalue weighted by Crippen LogP contribution is -2.43. The minimum Gasteiger partial charge on any atom is -0.494 e. The lowest BCUT2D eigenvalue weighted by atomic mass is 9.90. The molecule has 0 saturated carbocycles. The summed E-state index contributed by atoms with van der Waals surface area (Å²) in [6.07, 6.45) is 3.97. The number of amides is 1. The Hall–Kier alpha value is -5.17. The summed E-state index contributed by atoms with van der Waals surface area (Å²) in [5.41, 5.74) is 10.4. The van der Waals surface area contributed by atoms with Gasteiger partial charge in [0.1, 0.15) is 11.6 Å². The van der Waals surface area contributed by atoms with E-state index in [4.69, 9.17) is 20.6 Å². The second-order valence-electron chi connectivity index (χ2n) is 9.75. The molecule has 42 heavy (non-hydrogen) atoms. The minimum absolute atomic E-state index is 0.0611. The third kappa shape index (κ3) is 7.95. The van der Waals surface area contributed by atoms with Gasteiger partial charge in [-0.25, -0.2) is 0 Å². The number of carbonyl (C=O) groups excluding carboxylic acids is 2. The molecule has 0 spiro atoms. The van der Waals surface area contributed by atoms with Crippen LogP contribution in [0, 0.1) is 11.3 Å². The second-order valence-corrected chi connectivity index (χ2v) is 9.75. The Morgan fingerprint density at radius 3 is 2.17 bits per heavy atom. The molecule has 4 N–H and O–H groups in total. The molecule has 4 aromatic carbocycles. The molecule has 0 unspecified atom stereocenters. The highest BCUT2D eigenvalue weighted by molar-refractivity contribution is 5.96. The van der Waals surface area contributed by atoms with Crippen LogP contribution < -0.4 is 15.8 Å². The van der Waals surface area contributed by atoms with Crippen LogP contribution in [-0.4, -0.2) is 37.5 Å². The quantitative estimate of drug-likeness (QED) is 0.114. The van der Waals surface area contributed by atoms with Crippen LogP contribution in [-0.2, 0) is 16.0 Å². The monoisotopic (exact) mass is 561 g/mol. The van der Waals surface area contributed by atoms with Crippen LogP contribution in [0.25, 0.3) is 17.2 Å². The van der Waals surface area contributed by atoms with Crippen molar-refractivity contribution in [2.45, 2.75) is 19.4 Å². The molecule has 0 fully saturated rings. The number of hydrogen-bond acceptors (Lipinski definition) is 5. The van der Waals surface area contributed by atoms with Crippen molar-refractivity contribution in [2.24, 2.45) is 11.7 Å². The zero-order valence-corrected chi connectivity index (χ0v) is 23.7. The summed E-state index contributed by atoms with van der Waals surface area (Å²) in [5, 5.41) is 10.8. The maximum atomic E-state index is 13.5. The van der Waals surface area contributed by atoms with Gasteiger partial charge in [0.05, 0.1) is 25.7 Å². The number of nitrogens with one attached hydrogen (secondary N) is 2. The largest absolute Gasteiger partial charge is 0.494 e. The Morgan fingerprint density at radius 2 is 1.55 bits per heavy atom. The van der Waals surface area contributed by atoms with Crippen molar-refractivity contribution in [2.75, 3.05) is 13.7 Å². The molecule has 0 radical (unpaired) electrons. The molecule has 1 amide bonds. The number of rotatable bonds is 12. The molecule has 0 aromatic heterocycles. The van der Waals surface area contributed by atoms with Crippen LogP contribution >= 0.6 is 0 Å². The van der Waals surface area contributed by atoms with Crippen molar-refractivity contribution in [3.63, 3.8) is 0 Å². The molecule has 4 aromatic rings. The van der Waals surface area contributed by atoms with Gasteiger partial charge in [-0.2, -0.15) is 0 Å². The molecule has 4 rings (SSSR count). The van der Waals surface area contributed by atoms with Gasteiger partial charge in [-0.3, -0.25) is 15.0 Å². The molecule has 0 aliphatic rings. The van der Waals surface area contributed by atoms with E-state index in [2.05, 4.69) is 5.32 Å². The van der Waals surface area contributed by atoms with Crippen molar-refractivity contribution in [3.05, 3.63) is 131 Å². The maximum Gasteiger partial charge on any atom is 0.311 e. The lowest BCUT2D eigenvalue weighted by Gasteiger charge is -2.24. The number of benzene rings is 4. The zero-order chi connectivity index (χ0) is 29.9. The van der Waals surface area contributed by atoms with Crippen LogP contribution in [0.3, 0.4) is 0 Å². The molecule has 0 saturated heterocycles. The third-order valence-corrected chi connectivity index (χ3v) is 6.87. The normalized spacial score (nSPS) is 12.3. The van der Waals surface area contributed by atoms with Crippen molar-refractivity contribution in [1.82, 2.24) is 5.32 Å². The van der Waals surface area contributed by atoms with Crippen LogP contribution in [0.5, 0.6) is 5.75 Å². The summed E-state index contributed by atoms with van der Waals surface area (Å²) in [4.78, 5) is 26.6. The van der Waals surface area contributed by atoms with E-state index in [1.165, 1.54) is 7.11 Å². The standard InChI is InChI=1S/C35H35N3O4/c1-3-42-30-19-17-27(18-20-30)26-13-15-28(16-14-26)34(39)38-32(21-12-24-8-5-4-6-9-24)31(35(40)41-2)23-25-10-7-11-29(22-25)33(36)37/h4-22,31-32H,3,23H2,1-2H3,(H3,36,37)(H,38,39)/b21-12+/t31-,32-/m1/s1. The second kappa shape index (κ2) is 14.5. The van der Waals surface area contributed by atoms with Crippen molar-refractivity contribution in [3.8, 4) is 16.9 Å². The van der Waals surface area contributed by atoms with Gasteiger partial charge in [-0.15, -0.1) is 0 Å². The molecular weight excluding hydrogens is 526 g/mol.